The summed E-state index contributed by atoms with van der Waals surface area (Å²) in [6.45, 7) is 5.00. The molecular weight excluding hydrogens is 220 g/mol. The van der Waals surface area contributed by atoms with E-state index in [0.29, 0.717) is 0 Å². The van der Waals surface area contributed by atoms with Gasteiger partial charge in [0.05, 0.1) is 6.61 Å². The summed E-state index contributed by atoms with van der Waals surface area (Å²) in [6, 6.07) is 16.9. The van der Waals surface area contributed by atoms with Crippen molar-refractivity contribution in [2.24, 2.45) is 0 Å². The average molecular weight is 240 g/mol. The number of benzene rings is 2. The first-order valence-corrected chi connectivity index (χ1v) is 6.56. The first kappa shape index (κ1) is 12.7. The van der Waals surface area contributed by atoms with Crippen LogP contribution in [0.4, 0.5) is 0 Å². The molecule has 0 aromatic heterocycles. The van der Waals surface area contributed by atoms with E-state index in [1.165, 1.54) is 16.7 Å². The number of aryl methyl sites for hydroxylation is 2. The second-order valence-corrected chi connectivity index (χ2v) is 4.55. The van der Waals surface area contributed by atoms with E-state index in [2.05, 4.69) is 56.3 Å². The molecule has 0 aliphatic rings. The van der Waals surface area contributed by atoms with Crippen LogP contribution in [0.15, 0.2) is 48.5 Å². The van der Waals surface area contributed by atoms with Crippen LogP contribution in [0.25, 0.3) is 0 Å². The van der Waals surface area contributed by atoms with Crippen molar-refractivity contribution in [1.29, 1.82) is 0 Å². The predicted molar refractivity (Wildman–Crippen MR) is 76.2 cm³/mol. The summed E-state index contributed by atoms with van der Waals surface area (Å²) in [5, 5.41) is 0. The van der Waals surface area contributed by atoms with E-state index in [1.807, 2.05) is 6.07 Å². The summed E-state index contributed by atoms with van der Waals surface area (Å²) in [6.07, 6.45) is 1.97. The highest BCUT2D eigenvalue weighted by Crippen LogP contribution is 2.21. The molecule has 18 heavy (non-hydrogen) atoms. The van der Waals surface area contributed by atoms with Crippen molar-refractivity contribution in [3.8, 4) is 5.75 Å². The Bertz CT molecular complexity index is 488. The van der Waals surface area contributed by atoms with Gasteiger partial charge in [0.25, 0.3) is 0 Å². The smallest absolute Gasteiger partial charge is 0.122 e. The maximum atomic E-state index is 5.91. The number of ether oxygens (including phenoxy) is 1. The molecule has 0 bridgehead atoms. The van der Waals surface area contributed by atoms with E-state index in [-0.39, 0.29) is 0 Å². The SMILES string of the molecule is CCc1ccc(C)cc1OCCc1ccccc1. The fraction of sp³-hybridized carbons (Fsp3) is 0.294. The molecule has 94 valence electrons. The zero-order chi connectivity index (χ0) is 12.8. The molecule has 0 spiro atoms. The van der Waals surface area contributed by atoms with Crippen LogP contribution < -0.4 is 4.74 Å². The van der Waals surface area contributed by atoms with Crippen molar-refractivity contribution in [1.82, 2.24) is 0 Å². The number of rotatable bonds is 5. The van der Waals surface area contributed by atoms with Crippen LogP contribution >= 0.6 is 0 Å². The van der Waals surface area contributed by atoms with Gasteiger partial charge in [-0.3, -0.25) is 0 Å². The van der Waals surface area contributed by atoms with Crippen molar-refractivity contribution < 1.29 is 4.74 Å². The van der Waals surface area contributed by atoms with Crippen LogP contribution in [0, 0.1) is 6.92 Å². The van der Waals surface area contributed by atoms with Crippen molar-refractivity contribution in [2.75, 3.05) is 6.61 Å². The second-order valence-electron chi connectivity index (χ2n) is 4.55. The van der Waals surface area contributed by atoms with E-state index in [0.717, 1.165) is 25.2 Å². The molecular formula is C17H20O. The Balaban J connectivity index is 1.96. The summed E-state index contributed by atoms with van der Waals surface area (Å²) < 4.78 is 5.91. The molecule has 0 aliphatic heterocycles. The first-order chi connectivity index (χ1) is 8.79. The van der Waals surface area contributed by atoms with E-state index < -0.39 is 0 Å². The van der Waals surface area contributed by atoms with Crippen molar-refractivity contribution >= 4 is 0 Å². The second kappa shape index (κ2) is 6.25. The molecule has 0 saturated carbocycles. The maximum absolute atomic E-state index is 5.91. The normalized spacial score (nSPS) is 10.3. The first-order valence-electron chi connectivity index (χ1n) is 6.56. The predicted octanol–water partition coefficient (Wildman–Crippen LogP) is 4.18. The molecule has 0 heterocycles. The Labute approximate surface area is 109 Å². The van der Waals surface area contributed by atoms with Gasteiger partial charge < -0.3 is 4.74 Å². The maximum Gasteiger partial charge on any atom is 0.122 e. The zero-order valence-electron chi connectivity index (χ0n) is 11.1. The Kier molecular flexibility index (Phi) is 4.40. The molecule has 0 unspecified atom stereocenters. The van der Waals surface area contributed by atoms with Gasteiger partial charge in [-0.2, -0.15) is 0 Å². The van der Waals surface area contributed by atoms with Gasteiger partial charge >= 0.3 is 0 Å². The molecule has 2 aromatic carbocycles. The van der Waals surface area contributed by atoms with E-state index in [1.54, 1.807) is 0 Å². The lowest BCUT2D eigenvalue weighted by atomic mass is 10.1. The zero-order valence-corrected chi connectivity index (χ0v) is 11.1. The molecule has 0 N–H and O–H groups in total. The third-order valence-corrected chi connectivity index (χ3v) is 3.09. The summed E-state index contributed by atoms with van der Waals surface area (Å²) in [5.41, 5.74) is 3.86. The number of hydrogen-bond acceptors (Lipinski definition) is 1. The fourth-order valence-corrected chi connectivity index (χ4v) is 2.01. The van der Waals surface area contributed by atoms with Crippen LogP contribution in [0.1, 0.15) is 23.6 Å². The largest absolute Gasteiger partial charge is 0.493 e. The molecule has 0 atom stereocenters. The van der Waals surface area contributed by atoms with Crippen LogP contribution in [-0.2, 0) is 12.8 Å². The van der Waals surface area contributed by atoms with Gasteiger partial charge in [-0.15, -0.1) is 0 Å². The van der Waals surface area contributed by atoms with Crippen LogP contribution in [0.3, 0.4) is 0 Å². The van der Waals surface area contributed by atoms with Gasteiger partial charge in [0, 0.05) is 6.42 Å². The highest BCUT2D eigenvalue weighted by molar-refractivity contribution is 5.37. The van der Waals surface area contributed by atoms with Crippen LogP contribution in [0.5, 0.6) is 5.75 Å². The van der Waals surface area contributed by atoms with Crippen molar-refractivity contribution in [3.05, 3.63) is 65.2 Å². The Morgan fingerprint density at radius 2 is 1.78 bits per heavy atom. The minimum Gasteiger partial charge on any atom is -0.493 e. The third kappa shape index (κ3) is 3.36. The summed E-state index contributed by atoms with van der Waals surface area (Å²) in [7, 11) is 0. The van der Waals surface area contributed by atoms with Gasteiger partial charge in [-0.05, 0) is 36.1 Å². The van der Waals surface area contributed by atoms with Crippen molar-refractivity contribution in [3.63, 3.8) is 0 Å². The summed E-state index contributed by atoms with van der Waals surface area (Å²) >= 11 is 0. The highest BCUT2D eigenvalue weighted by Gasteiger charge is 2.02. The Morgan fingerprint density at radius 3 is 2.50 bits per heavy atom. The van der Waals surface area contributed by atoms with E-state index in [4.69, 9.17) is 4.74 Å². The van der Waals surface area contributed by atoms with Crippen LogP contribution in [0.2, 0.25) is 0 Å². The number of hydrogen-bond donors (Lipinski definition) is 0. The molecule has 0 fully saturated rings. The van der Waals surface area contributed by atoms with Gasteiger partial charge in [0.1, 0.15) is 5.75 Å². The minimum atomic E-state index is 0.737. The average Bonchev–Trinajstić information content (AvgIpc) is 2.40. The monoisotopic (exact) mass is 240 g/mol. The molecule has 1 heteroatoms. The topological polar surface area (TPSA) is 9.23 Å². The molecule has 0 amide bonds. The summed E-state index contributed by atoms with van der Waals surface area (Å²) in [4.78, 5) is 0. The molecule has 1 nitrogen and oxygen atoms in total. The highest BCUT2D eigenvalue weighted by atomic mass is 16.5. The lowest BCUT2D eigenvalue weighted by Crippen LogP contribution is -2.03. The standard InChI is InChI=1S/C17H20O/c1-3-16-10-9-14(2)13-17(16)18-12-11-15-7-5-4-6-8-15/h4-10,13H,3,11-12H2,1-2H3. The molecule has 2 aromatic rings. The molecule has 0 aliphatic carbocycles. The van der Waals surface area contributed by atoms with Crippen LogP contribution in [-0.4, -0.2) is 6.61 Å². The summed E-state index contributed by atoms with van der Waals surface area (Å²) in [5.74, 6) is 1.04. The van der Waals surface area contributed by atoms with Gasteiger partial charge in [-0.25, -0.2) is 0 Å². The minimum absolute atomic E-state index is 0.737. The van der Waals surface area contributed by atoms with Gasteiger partial charge in [0.15, 0.2) is 0 Å². The fourth-order valence-electron chi connectivity index (χ4n) is 2.01. The van der Waals surface area contributed by atoms with Crippen molar-refractivity contribution in [2.45, 2.75) is 26.7 Å². The molecule has 0 radical (unpaired) electrons. The lowest BCUT2D eigenvalue weighted by Gasteiger charge is -2.11. The quantitative estimate of drug-likeness (QED) is 0.762. The Morgan fingerprint density at radius 1 is 1.00 bits per heavy atom. The third-order valence-electron chi connectivity index (χ3n) is 3.09. The molecule has 2 rings (SSSR count). The van der Waals surface area contributed by atoms with Gasteiger partial charge in [0.2, 0.25) is 0 Å². The molecule has 0 saturated heterocycles. The van der Waals surface area contributed by atoms with E-state index >= 15 is 0 Å². The van der Waals surface area contributed by atoms with Gasteiger partial charge in [-0.1, -0.05) is 49.4 Å². The Hall–Kier alpha value is -1.76. The lowest BCUT2D eigenvalue weighted by molar-refractivity contribution is 0.318. The van der Waals surface area contributed by atoms with E-state index in [9.17, 15) is 0 Å².